The third-order valence-electron chi connectivity index (χ3n) is 5.72. The molecule has 0 spiro atoms. The second-order valence-corrected chi connectivity index (χ2v) is 7.59. The van der Waals surface area contributed by atoms with E-state index < -0.39 is 58.7 Å². The third kappa shape index (κ3) is 2.81. The Labute approximate surface area is 150 Å². The zero-order valence-electron chi connectivity index (χ0n) is 14.5. The summed E-state index contributed by atoms with van der Waals surface area (Å²) in [5.41, 5.74) is -10.5. The number of esters is 1. The Morgan fingerprint density at radius 3 is 1.96 bits per heavy atom. The number of hydrogen-bond donors (Lipinski definition) is 2. The van der Waals surface area contributed by atoms with Crippen molar-refractivity contribution < 1.29 is 50.9 Å². The number of halogens is 6. The van der Waals surface area contributed by atoms with E-state index in [-0.39, 0.29) is 20.3 Å². The number of hydrogen-bond acceptors (Lipinski definition) is 4. The number of alkyl halides is 6. The fourth-order valence-corrected chi connectivity index (χ4v) is 4.04. The van der Waals surface area contributed by atoms with Crippen LogP contribution in [0.25, 0.3) is 0 Å². The van der Waals surface area contributed by atoms with Crippen LogP contribution in [0.3, 0.4) is 0 Å². The molecule has 27 heavy (non-hydrogen) atoms. The zero-order chi connectivity index (χ0) is 21.2. The van der Waals surface area contributed by atoms with Crippen molar-refractivity contribution in [3.05, 3.63) is 12.2 Å². The van der Waals surface area contributed by atoms with E-state index in [1.54, 1.807) is 6.08 Å². The van der Waals surface area contributed by atoms with E-state index in [9.17, 15) is 46.1 Å². The molecule has 5 nitrogen and oxygen atoms in total. The SMILES string of the molecule is CC1(C(=O)O)C2C=CC(C2)C1C(=O)OC(C)(C)C(O)(C(F)(F)F)C(F)(F)F. The molecule has 2 rings (SSSR count). The van der Waals surface area contributed by atoms with E-state index in [1.165, 1.54) is 13.0 Å². The highest BCUT2D eigenvalue weighted by Gasteiger charge is 2.79. The predicted octanol–water partition coefficient (Wildman–Crippen LogP) is 3.08. The fourth-order valence-electron chi connectivity index (χ4n) is 4.04. The van der Waals surface area contributed by atoms with Gasteiger partial charge < -0.3 is 14.9 Å². The topological polar surface area (TPSA) is 83.8 Å². The van der Waals surface area contributed by atoms with Gasteiger partial charge in [0, 0.05) is 0 Å². The molecule has 1 fully saturated rings. The Morgan fingerprint density at radius 2 is 1.56 bits per heavy atom. The van der Waals surface area contributed by atoms with E-state index >= 15 is 0 Å². The van der Waals surface area contributed by atoms with Gasteiger partial charge in [-0.1, -0.05) is 12.2 Å². The standard InChI is InChI=1S/C16H18F6O5/c1-12(2,14(26,15(17,18)19)16(20,21)22)27-10(23)9-7-4-5-8(6-7)13(9,3)11(24)25/h4-5,7-9,26H,6H2,1-3H3,(H,24,25). The molecule has 0 aromatic rings. The zero-order valence-corrected chi connectivity index (χ0v) is 14.5. The summed E-state index contributed by atoms with van der Waals surface area (Å²) in [5.74, 6) is -5.72. The number of allylic oxidation sites excluding steroid dienone is 2. The monoisotopic (exact) mass is 404 g/mol. The lowest BCUT2D eigenvalue weighted by molar-refractivity contribution is -0.407. The van der Waals surface area contributed by atoms with Crippen LogP contribution in [0.15, 0.2) is 12.2 Å². The maximum atomic E-state index is 13.1. The lowest BCUT2D eigenvalue weighted by atomic mass is 9.69. The van der Waals surface area contributed by atoms with Crippen molar-refractivity contribution in [2.75, 3.05) is 0 Å². The summed E-state index contributed by atoms with van der Waals surface area (Å²) < 4.78 is 83.0. The summed E-state index contributed by atoms with van der Waals surface area (Å²) in [5, 5.41) is 19.0. The first-order chi connectivity index (χ1) is 11.9. The van der Waals surface area contributed by atoms with Gasteiger partial charge in [0.15, 0.2) is 5.60 Å². The Bertz CT molecular complexity index is 666. The van der Waals surface area contributed by atoms with E-state index in [0.717, 1.165) is 0 Å². The number of aliphatic carboxylic acids is 1. The highest BCUT2D eigenvalue weighted by molar-refractivity contribution is 5.86. The highest BCUT2D eigenvalue weighted by Crippen LogP contribution is 2.58. The molecule has 0 amide bonds. The molecule has 11 heteroatoms. The number of carboxylic acids is 1. The minimum Gasteiger partial charge on any atom is -0.481 e. The van der Waals surface area contributed by atoms with Crippen LogP contribution >= 0.6 is 0 Å². The number of carbonyl (C=O) groups is 2. The van der Waals surface area contributed by atoms with Gasteiger partial charge in [-0.3, -0.25) is 9.59 Å². The van der Waals surface area contributed by atoms with E-state index in [1.807, 2.05) is 0 Å². The number of carboxylic acid groups (broad SMARTS) is 1. The maximum Gasteiger partial charge on any atom is 0.430 e. The molecule has 0 radical (unpaired) electrons. The molecule has 1 saturated carbocycles. The van der Waals surface area contributed by atoms with Crippen LogP contribution in [0, 0.1) is 23.2 Å². The van der Waals surface area contributed by atoms with Crippen LogP contribution in [0.5, 0.6) is 0 Å². The molecular formula is C16H18F6O5. The van der Waals surface area contributed by atoms with E-state index in [2.05, 4.69) is 4.74 Å². The molecule has 0 aliphatic heterocycles. The van der Waals surface area contributed by atoms with Crippen LogP contribution in [0.2, 0.25) is 0 Å². The first-order valence-electron chi connectivity index (χ1n) is 7.91. The van der Waals surface area contributed by atoms with Gasteiger partial charge in [-0.25, -0.2) is 0 Å². The minimum absolute atomic E-state index is 0.214. The van der Waals surface area contributed by atoms with Crippen molar-refractivity contribution in [2.24, 2.45) is 23.2 Å². The average Bonchev–Trinajstić information content (AvgIpc) is 3.02. The number of rotatable bonds is 4. The van der Waals surface area contributed by atoms with Gasteiger partial charge in [0.25, 0.3) is 5.60 Å². The maximum absolute atomic E-state index is 13.1. The second-order valence-electron chi connectivity index (χ2n) is 7.59. The number of carbonyl (C=O) groups excluding carboxylic acids is 1. The molecule has 4 unspecified atom stereocenters. The molecule has 2 bridgehead atoms. The normalized spacial score (nSPS) is 31.3. The number of ether oxygens (including phenoxy) is 1. The summed E-state index contributed by atoms with van der Waals surface area (Å²) in [6.07, 6.45) is -9.13. The average molecular weight is 404 g/mol. The Kier molecular flexibility index (Phi) is 4.67. The van der Waals surface area contributed by atoms with Gasteiger partial charge in [-0.2, -0.15) is 26.3 Å². The summed E-state index contributed by atoms with van der Waals surface area (Å²) in [7, 11) is 0. The van der Waals surface area contributed by atoms with Crippen molar-refractivity contribution in [1.29, 1.82) is 0 Å². The van der Waals surface area contributed by atoms with Crippen molar-refractivity contribution in [1.82, 2.24) is 0 Å². The molecule has 2 aliphatic rings. The van der Waals surface area contributed by atoms with Gasteiger partial charge in [-0.05, 0) is 39.0 Å². The molecule has 2 aliphatic carbocycles. The van der Waals surface area contributed by atoms with Crippen molar-refractivity contribution in [3.8, 4) is 0 Å². The highest BCUT2D eigenvalue weighted by atomic mass is 19.4. The predicted molar refractivity (Wildman–Crippen MR) is 77.2 cm³/mol. The van der Waals surface area contributed by atoms with Crippen LogP contribution in [0.4, 0.5) is 26.3 Å². The lowest BCUT2D eigenvalue weighted by Crippen LogP contribution is -2.70. The van der Waals surface area contributed by atoms with Gasteiger partial charge in [0.1, 0.15) is 0 Å². The van der Waals surface area contributed by atoms with Gasteiger partial charge >= 0.3 is 24.3 Å². The summed E-state index contributed by atoms with van der Waals surface area (Å²) in [4.78, 5) is 24.2. The molecule has 2 N–H and O–H groups in total. The molecule has 0 saturated heterocycles. The fraction of sp³-hybridized carbons (Fsp3) is 0.750. The first-order valence-corrected chi connectivity index (χ1v) is 7.91. The number of aliphatic hydroxyl groups is 1. The summed E-state index contributed by atoms with van der Waals surface area (Å²) >= 11 is 0. The molecule has 0 aromatic carbocycles. The molecule has 154 valence electrons. The second kappa shape index (κ2) is 5.86. The Hall–Kier alpha value is -1.78. The number of fused-ring (bicyclic) bond motifs is 2. The van der Waals surface area contributed by atoms with E-state index in [4.69, 9.17) is 0 Å². The smallest absolute Gasteiger partial charge is 0.430 e. The Morgan fingerprint density at radius 1 is 1.07 bits per heavy atom. The van der Waals surface area contributed by atoms with Crippen LogP contribution < -0.4 is 0 Å². The Balaban J connectivity index is 2.41. The van der Waals surface area contributed by atoms with Crippen molar-refractivity contribution >= 4 is 11.9 Å². The largest absolute Gasteiger partial charge is 0.481 e. The molecule has 0 heterocycles. The summed E-state index contributed by atoms with van der Waals surface area (Å²) in [6.45, 7) is 1.77. The molecule has 4 atom stereocenters. The van der Waals surface area contributed by atoms with Crippen LogP contribution in [-0.4, -0.2) is 45.7 Å². The summed E-state index contributed by atoms with van der Waals surface area (Å²) in [6, 6.07) is 0. The van der Waals surface area contributed by atoms with Crippen molar-refractivity contribution in [3.63, 3.8) is 0 Å². The quantitative estimate of drug-likeness (QED) is 0.428. The first kappa shape index (κ1) is 21.5. The van der Waals surface area contributed by atoms with Gasteiger partial charge in [0.05, 0.1) is 11.3 Å². The van der Waals surface area contributed by atoms with E-state index in [0.29, 0.717) is 0 Å². The third-order valence-corrected chi connectivity index (χ3v) is 5.72. The van der Waals surface area contributed by atoms with Gasteiger partial charge in [0.2, 0.25) is 0 Å². The minimum atomic E-state index is -6.19. The van der Waals surface area contributed by atoms with Gasteiger partial charge in [-0.15, -0.1) is 0 Å². The van der Waals surface area contributed by atoms with Crippen LogP contribution in [-0.2, 0) is 14.3 Å². The molecular weight excluding hydrogens is 386 g/mol. The molecule has 0 aromatic heterocycles. The van der Waals surface area contributed by atoms with Crippen molar-refractivity contribution in [2.45, 2.75) is 50.7 Å². The lowest BCUT2D eigenvalue weighted by Gasteiger charge is -2.44. The van der Waals surface area contributed by atoms with Crippen LogP contribution in [0.1, 0.15) is 27.2 Å².